The molecule has 2 aromatic rings. The van der Waals surface area contributed by atoms with Gasteiger partial charge >= 0.3 is 5.69 Å². The zero-order chi connectivity index (χ0) is 21.7. The molecule has 2 rings (SSSR count). The summed E-state index contributed by atoms with van der Waals surface area (Å²) < 4.78 is 8.13. The molecule has 0 aromatic carbocycles. The van der Waals surface area contributed by atoms with Crippen LogP contribution in [0.25, 0.3) is 0 Å². The van der Waals surface area contributed by atoms with Crippen molar-refractivity contribution in [2.75, 3.05) is 30.9 Å². The SMILES string of the molecule is COCCN(C(=O)CCn1nc(C)cc1C)c1c(N)n(CC(C)C)c(=O)[nH]c1=O. The number of nitrogen functional groups attached to an aromatic ring is 1. The lowest BCUT2D eigenvalue weighted by molar-refractivity contribution is -0.119. The van der Waals surface area contributed by atoms with Gasteiger partial charge in [-0.1, -0.05) is 13.8 Å². The van der Waals surface area contributed by atoms with E-state index in [0.717, 1.165) is 11.4 Å². The molecule has 0 bridgehead atoms. The number of carbonyl (C=O) groups excluding carboxylic acids is 1. The Hall–Kier alpha value is -2.88. The number of amides is 1. The zero-order valence-electron chi connectivity index (χ0n) is 17.7. The monoisotopic (exact) mass is 406 g/mol. The summed E-state index contributed by atoms with van der Waals surface area (Å²) in [5, 5.41) is 4.35. The molecule has 0 aliphatic heterocycles. The van der Waals surface area contributed by atoms with Crippen LogP contribution in [0.4, 0.5) is 11.5 Å². The number of anilines is 2. The molecule has 10 heteroatoms. The van der Waals surface area contributed by atoms with Gasteiger partial charge < -0.3 is 15.4 Å². The van der Waals surface area contributed by atoms with E-state index in [-0.39, 0.29) is 42.9 Å². The highest BCUT2D eigenvalue weighted by Crippen LogP contribution is 2.19. The molecule has 0 saturated heterocycles. The summed E-state index contributed by atoms with van der Waals surface area (Å²) in [7, 11) is 1.51. The second kappa shape index (κ2) is 9.55. The van der Waals surface area contributed by atoms with Gasteiger partial charge in [0.2, 0.25) is 5.91 Å². The van der Waals surface area contributed by atoms with Crippen LogP contribution in [0, 0.1) is 19.8 Å². The van der Waals surface area contributed by atoms with Gasteiger partial charge in [-0.25, -0.2) is 4.79 Å². The fraction of sp³-hybridized carbons (Fsp3) is 0.579. The Morgan fingerprint density at radius 3 is 2.59 bits per heavy atom. The van der Waals surface area contributed by atoms with Crippen LogP contribution in [0.1, 0.15) is 31.7 Å². The molecular formula is C19H30N6O4. The van der Waals surface area contributed by atoms with E-state index < -0.39 is 11.2 Å². The van der Waals surface area contributed by atoms with Gasteiger partial charge in [-0.05, 0) is 25.8 Å². The molecule has 10 nitrogen and oxygen atoms in total. The fourth-order valence-corrected chi connectivity index (χ4v) is 3.17. The average molecular weight is 406 g/mol. The Morgan fingerprint density at radius 2 is 2.03 bits per heavy atom. The van der Waals surface area contributed by atoms with E-state index in [1.807, 2.05) is 33.8 Å². The van der Waals surface area contributed by atoms with E-state index in [1.54, 1.807) is 4.68 Å². The predicted octanol–water partition coefficient (Wildman–Crippen LogP) is 0.658. The third-order valence-corrected chi connectivity index (χ3v) is 4.49. The van der Waals surface area contributed by atoms with E-state index in [0.29, 0.717) is 13.1 Å². The van der Waals surface area contributed by atoms with Crippen molar-refractivity contribution in [3.05, 3.63) is 38.3 Å². The van der Waals surface area contributed by atoms with E-state index in [2.05, 4.69) is 10.1 Å². The van der Waals surface area contributed by atoms with Crippen molar-refractivity contribution in [3.8, 4) is 0 Å². The lowest BCUT2D eigenvalue weighted by atomic mass is 10.2. The van der Waals surface area contributed by atoms with Crippen LogP contribution in [0.5, 0.6) is 0 Å². The number of hydrogen-bond acceptors (Lipinski definition) is 6. The van der Waals surface area contributed by atoms with Crippen LogP contribution in [-0.4, -0.2) is 45.5 Å². The van der Waals surface area contributed by atoms with E-state index in [1.165, 1.54) is 16.6 Å². The van der Waals surface area contributed by atoms with Gasteiger partial charge in [0.25, 0.3) is 5.56 Å². The predicted molar refractivity (Wildman–Crippen MR) is 111 cm³/mol. The summed E-state index contributed by atoms with van der Waals surface area (Å²) >= 11 is 0. The first-order valence-corrected chi connectivity index (χ1v) is 9.58. The highest BCUT2D eigenvalue weighted by molar-refractivity contribution is 5.95. The van der Waals surface area contributed by atoms with Crippen LogP contribution < -0.4 is 21.9 Å². The van der Waals surface area contributed by atoms with Crippen molar-refractivity contribution < 1.29 is 9.53 Å². The summed E-state index contributed by atoms with van der Waals surface area (Å²) in [4.78, 5) is 41.3. The van der Waals surface area contributed by atoms with Gasteiger partial charge in [0.15, 0.2) is 5.69 Å². The number of nitrogens with two attached hydrogens (primary N) is 1. The average Bonchev–Trinajstić information content (AvgIpc) is 2.96. The van der Waals surface area contributed by atoms with Gasteiger partial charge in [-0.2, -0.15) is 5.10 Å². The van der Waals surface area contributed by atoms with Crippen LogP contribution in [0.3, 0.4) is 0 Å². The van der Waals surface area contributed by atoms with Gasteiger partial charge in [-0.3, -0.25) is 23.8 Å². The number of ether oxygens (including phenoxy) is 1. The number of aryl methyl sites for hydroxylation is 3. The minimum atomic E-state index is -0.692. The lowest BCUT2D eigenvalue weighted by Crippen LogP contribution is -2.43. The summed E-state index contributed by atoms with van der Waals surface area (Å²) in [6, 6.07) is 1.93. The molecule has 2 aromatic heterocycles. The molecule has 1 amide bonds. The molecule has 29 heavy (non-hydrogen) atoms. The van der Waals surface area contributed by atoms with Gasteiger partial charge in [0, 0.05) is 38.9 Å². The number of H-pyrrole nitrogens is 1. The topological polar surface area (TPSA) is 128 Å². The summed E-state index contributed by atoms with van der Waals surface area (Å²) in [5.74, 6) is -0.201. The molecule has 0 aliphatic rings. The summed E-state index contributed by atoms with van der Waals surface area (Å²) in [6.45, 7) is 8.70. The first-order valence-electron chi connectivity index (χ1n) is 9.58. The van der Waals surface area contributed by atoms with E-state index in [4.69, 9.17) is 10.5 Å². The number of nitrogens with one attached hydrogen (secondary N) is 1. The lowest BCUT2D eigenvalue weighted by Gasteiger charge is -2.25. The second-order valence-electron chi connectivity index (χ2n) is 7.44. The first kappa shape index (κ1) is 22.4. The molecule has 0 fully saturated rings. The number of rotatable bonds is 9. The maximum absolute atomic E-state index is 13.0. The van der Waals surface area contributed by atoms with Crippen molar-refractivity contribution in [1.82, 2.24) is 19.3 Å². The molecular weight excluding hydrogens is 376 g/mol. The number of aromatic amines is 1. The molecule has 0 spiro atoms. The molecule has 0 saturated carbocycles. The summed E-state index contributed by atoms with van der Waals surface area (Å²) in [6.07, 6.45) is 0.119. The maximum Gasteiger partial charge on any atom is 0.330 e. The molecule has 0 unspecified atom stereocenters. The number of hydrogen-bond donors (Lipinski definition) is 2. The minimum Gasteiger partial charge on any atom is -0.383 e. The van der Waals surface area contributed by atoms with Crippen LogP contribution >= 0.6 is 0 Å². The highest BCUT2D eigenvalue weighted by Gasteiger charge is 2.24. The maximum atomic E-state index is 13.0. The Labute approximate surface area is 169 Å². The number of methoxy groups -OCH3 is 1. The highest BCUT2D eigenvalue weighted by atomic mass is 16.5. The Balaban J connectivity index is 2.38. The molecule has 0 radical (unpaired) electrons. The summed E-state index contributed by atoms with van der Waals surface area (Å²) in [5.41, 5.74) is 6.67. The van der Waals surface area contributed by atoms with Crippen molar-refractivity contribution >= 4 is 17.4 Å². The smallest absolute Gasteiger partial charge is 0.330 e. The number of carbonyl (C=O) groups is 1. The number of aromatic nitrogens is 4. The minimum absolute atomic E-state index is 0.0250. The van der Waals surface area contributed by atoms with Gasteiger partial charge in [0.05, 0.1) is 12.3 Å². The standard InChI is InChI=1S/C19H30N6O4/c1-12(2)11-24-17(20)16(18(27)21-19(24)28)23(8-9-29-5)15(26)6-7-25-14(4)10-13(3)22-25/h10,12H,6-9,11,20H2,1-5H3,(H,21,27,28). The van der Waals surface area contributed by atoms with Crippen LogP contribution in [0.2, 0.25) is 0 Å². The normalized spacial score (nSPS) is 11.2. The Kier molecular flexibility index (Phi) is 7.38. The number of nitrogens with zero attached hydrogens (tertiary/aromatic N) is 4. The quantitative estimate of drug-likeness (QED) is 0.629. The molecule has 3 N–H and O–H groups in total. The van der Waals surface area contributed by atoms with Crippen LogP contribution in [0.15, 0.2) is 15.7 Å². The molecule has 160 valence electrons. The van der Waals surface area contributed by atoms with Crippen molar-refractivity contribution in [2.45, 2.75) is 47.2 Å². The first-order chi connectivity index (χ1) is 13.6. The van der Waals surface area contributed by atoms with E-state index >= 15 is 0 Å². The van der Waals surface area contributed by atoms with E-state index in [9.17, 15) is 14.4 Å². The van der Waals surface area contributed by atoms with Crippen molar-refractivity contribution in [2.24, 2.45) is 5.92 Å². The van der Waals surface area contributed by atoms with Crippen molar-refractivity contribution in [1.29, 1.82) is 0 Å². The molecule has 0 atom stereocenters. The second-order valence-corrected chi connectivity index (χ2v) is 7.44. The third kappa shape index (κ3) is 5.35. The largest absolute Gasteiger partial charge is 0.383 e. The van der Waals surface area contributed by atoms with Crippen molar-refractivity contribution in [3.63, 3.8) is 0 Å². The molecule has 2 heterocycles. The Bertz CT molecular complexity index is 972. The van der Waals surface area contributed by atoms with Crippen LogP contribution in [-0.2, 0) is 22.6 Å². The van der Waals surface area contributed by atoms with Gasteiger partial charge in [0.1, 0.15) is 5.82 Å². The Morgan fingerprint density at radius 1 is 1.34 bits per heavy atom. The fourth-order valence-electron chi connectivity index (χ4n) is 3.17. The molecule has 0 aliphatic carbocycles. The zero-order valence-corrected chi connectivity index (χ0v) is 17.7. The third-order valence-electron chi connectivity index (χ3n) is 4.49. The van der Waals surface area contributed by atoms with Gasteiger partial charge in [-0.15, -0.1) is 0 Å².